The molecule has 30 heavy (non-hydrogen) atoms. The topological polar surface area (TPSA) is 124 Å². The smallest absolute Gasteiger partial charge is 0.354 e. The van der Waals surface area contributed by atoms with Crippen LogP contribution < -0.4 is 20.5 Å². The molecule has 2 heterocycles. The number of fused-ring (bicyclic) bond motifs is 3. The van der Waals surface area contributed by atoms with Crippen LogP contribution in [0, 0.1) is 0 Å². The molecule has 2 atom stereocenters. The number of aryl methyl sites for hydroxylation is 2. The average molecular weight is 431 g/mol. The molecule has 0 radical (unpaired) electrons. The highest BCUT2D eigenvalue weighted by atomic mass is 32.2. The van der Waals surface area contributed by atoms with E-state index in [0.717, 1.165) is 44.2 Å². The lowest BCUT2D eigenvalue weighted by atomic mass is 9.99. The summed E-state index contributed by atoms with van der Waals surface area (Å²) in [6, 6.07) is 1.70. The molecule has 3 aliphatic rings. The van der Waals surface area contributed by atoms with E-state index in [1.165, 1.54) is 28.5 Å². The average Bonchev–Trinajstić information content (AvgIpc) is 3.45. The van der Waals surface area contributed by atoms with Crippen LogP contribution >= 0.6 is 0 Å². The number of nitrogens with zero attached hydrogens (tertiary/aromatic N) is 3. The summed E-state index contributed by atoms with van der Waals surface area (Å²) >= 11 is 0. The fourth-order valence-corrected chi connectivity index (χ4v) is 5.72. The van der Waals surface area contributed by atoms with Crippen molar-refractivity contribution < 1.29 is 13.7 Å². The first-order valence-corrected chi connectivity index (χ1v) is 11.9. The predicted molar refractivity (Wildman–Crippen MR) is 113 cm³/mol. The molecule has 1 unspecified atom stereocenters. The number of hydrogen-bond acceptors (Lipinski definition) is 5. The summed E-state index contributed by atoms with van der Waals surface area (Å²) in [5, 5.41) is 16.2. The fraction of sp³-hybridized carbons (Fsp3) is 0.500. The van der Waals surface area contributed by atoms with E-state index < -0.39 is 15.9 Å². The number of rotatable bonds is 3. The summed E-state index contributed by atoms with van der Waals surface area (Å²) in [7, 11) is -1.66. The van der Waals surface area contributed by atoms with Crippen molar-refractivity contribution in [2.75, 3.05) is 19.0 Å². The lowest BCUT2D eigenvalue weighted by Gasteiger charge is -2.24. The van der Waals surface area contributed by atoms with Crippen molar-refractivity contribution in [2.45, 2.75) is 56.0 Å². The van der Waals surface area contributed by atoms with E-state index in [1.54, 1.807) is 4.68 Å². The number of urea groups is 1. The molecule has 160 valence electrons. The first-order valence-electron chi connectivity index (χ1n) is 10.3. The van der Waals surface area contributed by atoms with Gasteiger partial charge < -0.3 is 15.4 Å². The Labute approximate surface area is 175 Å². The third-order valence-corrected chi connectivity index (χ3v) is 7.57. The van der Waals surface area contributed by atoms with Crippen molar-refractivity contribution in [1.82, 2.24) is 15.1 Å². The van der Waals surface area contributed by atoms with E-state index >= 15 is 0 Å². The van der Waals surface area contributed by atoms with Crippen molar-refractivity contribution >= 4 is 21.6 Å². The van der Waals surface area contributed by atoms with Crippen molar-refractivity contribution in [3.05, 3.63) is 34.5 Å². The lowest BCUT2D eigenvalue weighted by Crippen LogP contribution is -2.40. The van der Waals surface area contributed by atoms with Crippen LogP contribution in [-0.2, 0) is 42.1 Å². The van der Waals surface area contributed by atoms with Gasteiger partial charge in [-0.15, -0.1) is 4.36 Å². The van der Waals surface area contributed by atoms with Crippen molar-refractivity contribution in [3.63, 3.8) is 0 Å². The number of anilines is 1. The molecule has 5 rings (SSSR count). The van der Waals surface area contributed by atoms with Gasteiger partial charge in [-0.05, 0) is 67.8 Å². The van der Waals surface area contributed by atoms with E-state index in [-0.39, 0.29) is 10.9 Å². The van der Waals surface area contributed by atoms with Gasteiger partial charge >= 0.3 is 6.03 Å². The molecule has 1 aromatic carbocycles. The zero-order chi connectivity index (χ0) is 20.9. The second-order valence-corrected chi connectivity index (χ2v) is 9.88. The molecule has 0 saturated heterocycles. The molecule has 0 fully saturated rings. The molecule has 10 heteroatoms. The maximum Gasteiger partial charge on any atom is 0.354 e. The number of ether oxygens (including phenoxy) is 1. The van der Waals surface area contributed by atoms with Gasteiger partial charge in [-0.2, -0.15) is 5.10 Å². The fourth-order valence-electron chi connectivity index (χ4n) is 4.72. The van der Waals surface area contributed by atoms with Gasteiger partial charge in [0.05, 0.1) is 18.8 Å². The highest BCUT2D eigenvalue weighted by molar-refractivity contribution is 7.91. The van der Waals surface area contributed by atoms with Crippen LogP contribution in [-0.4, -0.2) is 39.7 Å². The number of nitrogens with one attached hydrogen (secondary N) is 2. The summed E-state index contributed by atoms with van der Waals surface area (Å²) in [4.78, 5) is 12.9. The van der Waals surface area contributed by atoms with E-state index in [9.17, 15) is 9.00 Å². The third-order valence-electron chi connectivity index (χ3n) is 6.22. The second kappa shape index (κ2) is 7.36. The van der Waals surface area contributed by atoms with Crippen LogP contribution in [0.5, 0.6) is 5.88 Å². The van der Waals surface area contributed by atoms with Crippen LogP contribution in [0.1, 0.15) is 35.1 Å². The normalized spacial score (nSPS) is 21.2. The van der Waals surface area contributed by atoms with E-state index in [4.69, 9.17) is 9.88 Å². The molecule has 9 nitrogen and oxygen atoms in total. The molecule has 0 spiro atoms. The van der Waals surface area contributed by atoms with Gasteiger partial charge in [0.2, 0.25) is 5.88 Å². The van der Waals surface area contributed by atoms with Gasteiger partial charge in [-0.25, -0.2) is 18.8 Å². The Bertz CT molecular complexity index is 1120. The standard InChI is InChI=1S/C20H26N6O3S/c1-22-14-10-26-19(29-11-14)17(9-23-26)30(21,28)25-20(27)24-18-15-6-2-4-12(15)8-13-5-3-7-16(13)18/h8-9,14,22H,2-7,10-11H2,1H3,(H3,21,24,25,27,28)/t14-,30?/m0/s1. The summed E-state index contributed by atoms with van der Waals surface area (Å²) in [6.45, 7) is 0.967. The second-order valence-electron chi connectivity index (χ2n) is 8.12. The number of benzene rings is 1. The van der Waals surface area contributed by atoms with Crippen molar-refractivity contribution in [1.29, 1.82) is 0 Å². The number of amides is 2. The molecule has 1 aromatic heterocycles. The van der Waals surface area contributed by atoms with E-state index in [0.29, 0.717) is 19.0 Å². The monoisotopic (exact) mass is 430 g/mol. The van der Waals surface area contributed by atoms with E-state index in [1.807, 2.05) is 7.05 Å². The van der Waals surface area contributed by atoms with Crippen molar-refractivity contribution in [3.8, 4) is 5.88 Å². The first kappa shape index (κ1) is 19.5. The minimum atomic E-state index is -3.50. The Kier molecular flexibility index (Phi) is 4.79. The highest BCUT2D eigenvalue weighted by Crippen LogP contribution is 2.38. The summed E-state index contributed by atoms with van der Waals surface area (Å²) in [5.41, 5.74) is 5.83. The summed E-state index contributed by atoms with van der Waals surface area (Å²) in [5.74, 6) is 0.312. The summed E-state index contributed by atoms with van der Waals surface area (Å²) in [6.07, 6.45) is 7.48. The maximum absolute atomic E-state index is 13.1. The SMILES string of the molecule is CN[C@@H]1COc2c(S(N)(=O)=NC(=O)Nc3c4c(cc5c3CCC5)CCC4)cnn2C1. The molecule has 2 amide bonds. The van der Waals surface area contributed by atoms with Gasteiger partial charge in [0.1, 0.15) is 11.5 Å². The minimum Gasteiger partial charge on any atom is -0.475 e. The van der Waals surface area contributed by atoms with E-state index in [2.05, 4.69) is 26.2 Å². The predicted octanol–water partition coefficient (Wildman–Crippen LogP) is 1.77. The number of nitrogens with two attached hydrogens (primary N) is 1. The number of carbonyl (C=O) groups is 1. The Morgan fingerprint density at radius 2 is 1.97 bits per heavy atom. The highest BCUT2D eigenvalue weighted by Gasteiger charge is 2.28. The van der Waals surface area contributed by atoms with Crippen LogP contribution in [0.2, 0.25) is 0 Å². The number of hydrogen-bond donors (Lipinski definition) is 3. The zero-order valence-electron chi connectivity index (χ0n) is 16.9. The maximum atomic E-state index is 13.1. The molecular formula is C20H26N6O3S. The van der Waals surface area contributed by atoms with Gasteiger partial charge in [-0.1, -0.05) is 6.07 Å². The largest absolute Gasteiger partial charge is 0.475 e. The quantitative estimate of drug-likeness (QED) is 0.685. The molecule has 1 aliphatic heterocycles. The van der Waals surface area contributed by atoms with Crippen LogP contribution in [0.25, 0.3) is 0 Å². The molecule has 4 N–H and O–H groups in total. The molecular weight excluding hydrogens is 404 g/mol. The number of carbonyl (C=O) groups excluding carboxylic acids is 1. The number of aromatic nitrogens is 2. The van der Waals surface area contributed by atoms with Crippen molar-refractivity contribution in [2.24, 2.45) is 9.50 Å². The zero-order valence-corrected chi connectivity index (χ0v) is 17.8. The third kappa shape index (κ3) is 3.28. The molecule has 0 bridgehead atoms. The molecule has 2 aliphatic carbocycles. The first-order chi connectivity index (χ1) is 14.5. The van der Waals surface area contributed by atoms with Gasteiger partial charge in [0, 0.05) is 5.69 Å². The Balaban J connectivity index is 1.45. The van der Waals surface area contributed by atoms with Crippen LogP contribution in [0.4, 0.5) is 10.5 Å². The van der Waals surface area contributed by atoms with Gasteiger partial charge in [0.25, 0.3) is 0 Å². The minimum absolute atomic E-state index is 0.0987. The Hall–Kier alpha value is -2.43. The number of likely N-dealkylation sites (N-methyl/N-ethyl adjacent to an activating group) is 1. The van der Waals surface area contributed by atoms with Gasteiger partial charge in [-0.3, -0.25) is 0 Å². The molecule has 2 aromatic rings. The van der Waals surface area contributed by atoms with Crippen LogP contribution in [0.3, 0.4) is 0 Å². The summed E-state index contributed by atoms with van der Waals surface area (Å²) < 4.78 is 24.3. The molecule has 0 saturated carbocycles. The van der Waals surface area contributed by atoms with Crippen LogP contribution in [0.15, 0.2) is 21.5 Å². The van der Waals surface area contributed by atoms with Gasteiger partial charge in [0.15, 0.2) is 9.92 Å². The lowest BCUT2D eigenvalue weighted by molar-refractivity contribution is 0.184. The Morgan fingerprint density at radius 1 is 1.27 bits per heavy atom. The Morgan fingerprint density at radius 3 is 2.63 bits per heavy atom.